The van der Waals surface area contributed by atoms with E-state index >= 15 is 0 Å². The quantitative estimate of drug-likeness (QED) is 0.727. The lowest BCUT2D eigenvalue weighted by Gasteiger charge is -2.22. The fourth-order valence-electron chi connectivity index (χ4n) is 3.41. The molecule has 1 aliphatic heterocycles. The van der Waals surface area contributed by atoms with Gasteiger partial charge in [-0.05, 0) is 61.7 Å². The second kappa shape index (κ2) is 7.72. The van der Waals surface area contributed by atoms with Gasteiger partial charge in [0.1, 0.15) is 11.8 Å². The van der Waals surface area contributed by atoms with Crippen LogP contribution < -0.4 is 10.1 Å². The van der Waals surface area contributed by atoms with Crippen LogP contribution in [-0.4, -0.2) is 34.7 Å². The first-order valence-corrected chi connectivity index (χ1v) is 9.26. The maximum absolute atomic E-state index is 12.8. The highest BCUT2D eigenvalue weighted by atomic mass is 16.5. The molecular formula is C21H22N4O3. The summed E-state index contributed by atoms with van der Waals surface area (Å²) in [6.07, 6.45) is 1.69. The van der Waals surface area contributed by atoms with Crippen molar-refractivity contribution in [2.45, 2.75) is 25.8 Å². The number of carbonyl (C=O) groups excluding carboxylic acids is 1. The van der Waals surface area contributed by atoms with Gasteiger partial charge in [-0.3, -0.25) is 0 Å². The molecule has 1 atom stereocenters. The molecule has 1 N–H and O–H groups in total. The van der Waals surface area contributed by atoms with Gasteiger partial charge in [-0.25, -0.2) is 4.79 Å². The SMILES string of the molecule is COc1ccc(-c2noc([C@H]3CCCN3C(=O)Nc3cccc(C)c3)n2)cc1. The van der Waals surface area contributed by atoms with Crippen LogP contribution in [0.4, 0.5) is 10.5 Å². The molecule has 4 rings (SSSR count). The molecule has 0 radical (unpaired) electrons. The minimum absolute atomic E-state index is 0.155. The van der Waals surface area contributed by atoms with Crippen molar-refractivity contribution >= 4 is 11.7 Å². The topological polar surface area (TPSA) is 80.5 Å². The Hall–Kier alpha value is -3.35. The summed E-state index contributed by atoms with van der Waals surface area (Å²) in [7, 11) is 1.62. The van der Waals surface area contributed by atoms with Crippen LogP contribution in [-0.2, 0) is 0 Å². The molecule has 0 unspecified atom stereocenters. The highest BCUT2D eigenvalue weighted by Gasteiger charge is 2.34. The zero-order valence-electron chi connectivity index (χ0n) is 15.9. The maximum atomic E-state index is 12.8. The Labute approximate surface area is 163 Å². The van der Waals surface area contributed by atoms with Gasteiger partial charge in [0.05, 0.1) is 7.11 Å². The Morgan fingerprint density at radius 1 is 1.25 bits per heavy atom. The van der Waals surface area contributed by atoms with Crippen molar-refractivity contribution in [1.82, 2.24) is 15.0 Å². The number of nitrogens with one attached hydrogen (secondary N) is 1. The molecule has 7 nitrogen and oxygen atoms in total. The third-order valence-corrected chi connectivity index (χ3v) is 4.86. The van der Waals surface area contributed by atoms with E-state index in [9.17, 15) is 4.79 Å². The van der Waals surface area contributed by atoms with E-state index in [-0.39, 0.29) is 12.1 Å². The molecule has 7 heteroatoms. The summed E-state index contributed by atoms with van der Waals surface area (Å²) < 4.78 is 10.7. The minimum atomic E-state index is -0.218. The number of likely N-dealkylation sites (tertiary alicyclic amines) is 1. The van der Waals surface area contributed by atoms with E-state index in [1.807, 2.05) is 55.5 Å². The fraction of sp³-hybridized carbons (Fsp3) is 0.286. The summed E-state index contributed by atoms with van der Waals surface area (Å²) in [5, 5.41) is 7.05. The molecule has 2 amide bonds. The number of urea groups is 1. The molecule has 2 aromatic carbocycles. The summed E-state index contributed by atoms with van der Waals surface area (Å²) in [6.45, 7) is 2.65. The molecular weight excluding hydrogens is 356 g/mol. The van der Waals surface area contributed by atoms with Crippen LogP contribution in [0.2, 0.25) is 0 Å². The molecule has 1 aliphatic rings. The Morgan fingerprint density at radius 2 is 2.07 bits per heavy atom. The van der Waals surface area contributed by atoms with Gasteiger partial charge in [0, 0.05) is 17.8 Å². The van der Waals surface area contributed by atoms with Crippen LogP contribution in [0.3, 0.4) is 0 Å². The summed E-state index contributed by atoms with van der Waals surface area (Å²) in [5.74, 6) is 1.73. The van der Waals surface area contributed by atoms with Crippen LogP contribution in [0.1, 0.15) is 30.3 Å². The second-order valence-electron chi connectivity index (χ2n) is 6.84. The number of anilines is 1. The third-order valence-electron chi connectivity index (χ3n) is 4.86. The molecule has 0 bridgehead atoms. The van der Waals surface area contributed by atoms with E-state index in [0.717, 1.165) is 35.4 Å². The third kappa shape index (κ3) is 3.69. The number of ether oxygens (including phenoxy) is 1. The normalized spacial score (nSPS) is 16.2. The number of nitrogens with zero attached hydrogens (tertiary/aromatic N) is 3. The predicted octanol–water partition coefficient (Wildman–Crippen LogP) is 4.42. The predicted molar refractivity (Wildman–Crippen MR) is 105 cm³/mol. The van der Waals surface area contributed by atoms with Gasteiger partial charge < -0.3 is 19.5 Å². The summed E-state index contributed by atoms with van der Waals surface area (Å²) in [4.78, 5) is 19.1. The van der Waals surface area contributed by atoms with Crippen LogP contribution in [0.25, 0.3) is 11.4 Å². The van der Waals surface area contributed by atoms with Gasteiger partial charge in [0.15, 0.2) is 0 Å². The average molecular weight is 378 g/mol. The molecule has 1 fully saturated rings. The maximum Gasteiger partial charge on any atom is 0.322 e. The van der Waals surface area contributed by atoms with E-state index in [1.54, 1.807) is 12.0 Å². The lowest BCUT2D eigenvalue weighted by atomic mass is 10.2. The zero-order valence-corrected chi connectivity index (χ0v) is 15.9. The number of methoxy groups -OCH3 is 1. The Balaban J connectivity index is 1.50. The van der Waals surface area contributed by atoms with Crippen LogP contribution in [0.15, 0.2) is 53.1 Å². The van der Waals surface area contributed by atoms with Gasteiger partial charge >= 0.3 is 6.03 Å². The van der Waals surface area contributed by atoms with Crippen molar-refractivity contribution < 1.29 is 14.1 Å². The lowest BCUT2D eigenvalue weighted by molar-refractivity contribution is 0.193. The highest BCUT2D eigenvalue weighted by Crippen LogP contribution is 2.32. The van der Waals surface area contributed by atoms with Crippen molar-refractivity contribution in [2.24, 2.45) is 0 Å². The van der Waals surface area contributed by atoms with Crippen molar-refractivity contribution in [3.63, 3.8) is 0 Å². The Morgan fingerprint density at radius 3 is 2.82 bits per heavy atom. The first-order valence-electron chi connectivity index (χ1n) is 9.26. The van der Waals surface area contributed by atoms with E-state index in [1.165, 1.54) is 0 Å². The number of hydrogen-bond donors (Lipinski definition) is 1. The van der Waals surface area contributed by atoms with E-state index in [2.05, 4.69) is 15.5 Å². The van der Waals surface area contributed by atoms with Gasteiger partial charge in [-0.1, -0.05) is 17.3 Å². The van der Waals surface area contributed by atoms with E-state index in [4.69, 9.17) is 9.26 Å². The molecule has 28 heavy (non-hydrogen) atoms. The summed E-state index contributed by atoms with van der Waals surface area (Å²) in [5.41, 5.74) is 2.71. The van der Waals surface area contributed by atoms with Gasteiger partial charge in [-0.15, -0.1) is 0 Å². The molecule has 0 spiro atoms. The molecule has 0 aliphatic carbocycles. The average Bonchev–Trinajstić information content (AvgIpc) is 3.37. The number of rotatable bonds is 4. The first-order chi connectivity index (χ1) is 13.6. The van der Waals surface area contributed by atoms with Gasteiger partial charge in [0.25, 0.3) is 0 Å². The largest absolute Gasteiger partial charge is 0.497 e. The number of aromatic nitrogens is 2. The van der Waals surface area contributed by atoms with Crippen LogP contribution >= 0.6 is 0 Å². The minimum Gasteiger partial charge on any atom is -0.497 e. The fourth-order valence-corrected chi connectivity index (χ4v) is 3.41. The highest BCUT2D eigenvalue weighted by molar-refractivity contribution is 5.89. The second-order valence-corrected chi connectivity index (χ2v) is 6.84. The van der Waals surface area contributed by atoms with E-state index < -0.39 is 0 Å². The number of aryl methyl sites for hydroxylation is 1. The van der Waals surface area contributed by atoms with Crippen LogP contribution in [0, 0.1) is 6.92 Å². The monoisotopic (exact) mass is 378 g/mol. The Kier molecular flexibility index (Phi) is 4.97. The molecule has 0 saturated carbocycles. The van der Waals surface area contributed by atoms with Crippen molar-refractivity contribution in [2.75, 3.05) is 19.0 Å². The standard InChI is InChI=1S/C21H22N4O3/c1-14-5-3-6-16(13-14)22-21(26)25-12-4-7-18(25)20-23-19(24-28-20)15-8-10-17(27-2)11-9-15/h3,5-6,8-11,13,18H,4,7,12H2,1-2H3,(H,22,26)/t18-/m1/s1. The molecule has 1 aromatic heterocycles. The molecule has 2 heterocycles. The van der Waals surface area contributed by atoms with Gasteiger partial charge in [-0.2, -0.15) is 4.98 Å². The van der Waals surface area contributed by atoms with Crippen molar-refractivity contribution in [3.05, 3.63) is 60.0 Å². The van der Waals surface area contributed by atoms with Crippen molar-refractivity contribution in [1.29, 1.82) is 0 Å². The summed E-state index contributed by atoms with van der Waals surface area (Å²) in [6, 6.07) is 14.8. The Bertz CT molecular complexity index is 968. The van der Waals surface area contributed by atoms with Crippen LogP contribution in [0.5, 0.6) is 5.75 Å². The van der Waals surface area contributed by atoms with Gasteiger partial charge in [0.2, 0.25) is 11.7 Å². The number of benzene rings is 2. The number of hydrogen-bond acceptors (Lipinski definition) is 5. The molecule has 144 valence electrons. The smallest absolute Gasteiger partial charge is 0.322 e. The molecule has 3 aromatic rings. The first kappa shape index (κ1) is 18.0. The molecule has 1 saturated heterocycles. The number of carbonyl (C=O) groups is 1. The number of amides is 2. The lowest BCUT2D eigenvalue weighted by Crippen LogP contribution is -2.34. The zero-order chi connectivity index (χ0) is 19.5. The van der Waals surface area contributed by atoms with E-state index in [0.29, 0.717) is 18.3 Å². The summed E-state index contributed by atoms with van der Waals surface area (Å²) >= 11 is 0. The van der Waals surface area contributed by atoms with Crippen molar-refractivity contribution in [3.8, 4) is 17.1 Å².